The normalized spacial score (nSPS) is 11.3. The Labute approximate surface area is 80.8 Å². The van der Waals surface area contributed by atoms with Gasteiger partial charge in [0.15, 0.2) is 0 Å². The van der Waals surface area contributed by atoms with E-state index in [4.69, 9.17) is 20.9 Å². The van der Waals surface area contributed by atoms with E-state index in [0.717, 1.165) is 6.07 Å². The molecule has 1 N–H and O–H groups in total. The molecule has 1 rings (SSSR count). The maximum Gasteiger partial charge on any atom is 0.294 e. The van der Waals surface area contributed by atoms with Crippen molar-refractivity contribution in [1.82, 2.24) is 0 Å². The first-order valence-electron chi connectivity index (χ1n) is 3.25. The van der Waals surface area contributed by atoms with Gasteiger partial charge >= 0.3 is 0 Å². The van der Waals surface area contributed by atoms with Gasteiger partial charge in [-0.25, -0.2) is 0 Å². The number of hydrogen-bond acceptors (Lipinski definition) is 3. The van der Waals surface area contributed by atoms with Crippen LogP contribution >= 0.6 is 11.6 Å². The van der Waals surface area contributed by atoms with Crippen molar-refractivity contribution >= 4 is 21.7 Å². The second kappa shape index (κ2) is 3.53. The second-order valence-corrected chi connectivity index (χ2v) is 4.16. The van der Waals surface area contributed by atoms with Crippen LogP contribution in [0.15, 0.2) is 23.1 Å². The van der Waals surface area contributed by atoms with Crippen molar-refractivity contribution in [2.45, 2.75) is 4.90 Å². The average Bonchev–Trinajstić information content (AvgIpc) is 2.01. The van der Waals surface area contributed by atoms with Gasteiger partial charge in [0.2, 0.25) is 0 Å². The largest absolute Gasteiger partial charge is 0.497 e. The molecule has 0 fully saturated rings. The summed E-state index contributed by atoms with van der Waals surface area (Å²) in [5.41, 5.74) is 0. The molecule has 0 atom stereocenters. The molecule has 0 amide bonds. The van der Waals surface area contributed by atoms with Gasteiger partial charge in [-0.2, -0.15) is 8.42 Å². The molecule has 0 saturated heterocycles. The van der Waals surface area contributed by atoms with Crippen molar-refractivity contribution in [2.75, 3.05) is 7.11 Å². The number of ether oxygens (including phenoxy) is 1. The van der Waals surface area contributed by atoms with Gasteiger partial charge in [-0.3, -0.25) is 4.55 Å². The fraction of sp³-hybridized carbons (Fsp3) is 0.143. The lowest BCUT2D eigenvalue weighted by Gasteiger charge is -2.02. The zero-order chi connectivity index (χ0) is 10.1. The summed E-state index contributed by atoms with van der Waals surface area (Å²) in [6, 6.07) is 3.76. The Morgan fingerprint density at radius 3 is 2.46 bits per heavy atom. The second-order valence-electron chi connectivity index (χ2n) is 2.30. The highest BCUT2D eigenvalue weighted by molar-refractivity contribution is 7.85. The predicted molar refractivity (Wildman–Crippen MR) is 47.8 cm³/mol. The first kappa shape index (κ1) is 10.3. The SMILES string of the molecule is COc1cc(Cl)cc(S(=O)(=O)O)c1. The van der Waals surface area contributed by atoms with Gasteiger partial charge in [-0.15, -0.1) is 0 Å². The topological polar surface area (TPSA) is 63.6 Å². The molecule has 0 aliphatic heterocycles. The van der Waals surface area contributed by atoms with Gasteiger partial charge in [0.1, 0.15) is 5.75 Å². The quantitative estimate of drug-likeness (QED) is 0.772. The van der Waals surface area contributed by atoms with Crippen LogP contribution in [0, 0.1) is 0 Å². The molecule has 13 heavy (non-hydrogen) atoms. The monoisotopic (exact) mass is 222 g/mol. The third-order valence-corrected chi connectivity index (χ3v) is 2.43. The summed E-state index contributed by atoms with van der Waals surface area (Å²) < 4.78 is 34.9. The molecule has 6 heteroatoms. The van der Waals surface area contributed by atoms with Crippen molar-refractivity contribution < 1.29 is 17.7 Å². The molecule has 0 aliphatic carbocycles. The van der Waals surface area contributed by atoms with Crippen LogP contribution in [0.2, 0.25) is 5.02 Å². The van der Waals surface area contributed by atoms with Crippen molar-refractivity contribution in [3.05, 3.63) is 23.2 Å². The van der Waals surface area contributed by atoms with E-state index in [1.165, 1.54) is 19.2 Å². The highest BCUT2D eigenvalue weighted by Gasteiger charge is 2.11. The van der Waals surface area contributed by atoms with Gasteiger partial charge in [0.25, 0.3) is 10.1 Å². The Morgan fingerprint density at radius 2 is 2.00 bits per heavy atom. The van der Waals surface area contributed by atoms with E-state index in [9.17, 15) is 8.42 Å². The summed E-state index contributed by atoms with van der Waals surface area (Å²) in [6.45, 7) is 0. The Bertz CT molecular complexity index is 413. The van der Waals surface area contributed by atoms with Crippen LogP contribution in [0.5, 0.6) is 5.75 Å². The zero-order valence-corrected chi connectivity index (χ0v) is 8.26. The van der Waals surface area contributed by atoms with Crippen LogP contribution in [0.3, 0.4) is 0 Å². The van der Waals surface area contributed by atoms with E-state index >= 15 is 0 Å². The maximum atomic E-state index is 10.7. The van der Waals surface area contributed by atoms with Crippen molar-refractivity contribution in [3.63, 3.8) is 0 Å². The molecule has 72 valence electrons. The molecule has 1 aromatic carbocycles. The minimum Gasteiger partial charge on any atom is -0.497 e. The van der Waals surface area contributed by atoms with Crippen LogP contribution in [0.4, 0.5) is 0 Å². The Kier molecular flexibility index (Phi) is 2.80. The number of hydrogen-bond donors (Lipinski definition) is 1. The molecule has 1 aromatic rings. The van der Waals surface area contributed by atoms with Gasteiger partial charge in [-0.05, 0) is 12.1 Å². The van der Waals surface area contributed by atoms with Gasteiger partial charge in [0, 0.05) is 11.1 Å². The molecule has 0 spiro atoms. The van der Waals surface area contributed by atoms with Crippen LogP contribution in [-0.4, -0.2) is 20.1 Å². The van der Waals surface area contributed by atoms with E-state index in [-0.39, 0.29) is 15.7 Å². The standard InChI is InChI=1S/C7H7ClO4S/c1-12-6-2-5(8)3-7(4-6)13(9,10)11/h2-4H,1H3,(H,9,10,11). The van der Waals surface area contributed by atoms with Crippen molar-refractivity contribution in [2.24, 2.45) is 0 Å². The van der Waals surface area contributed by atoms with Crippen molar-refractivity contribution in [3.8, 4) is 5.75 Å². The van der Waals surface area contributed by atoms with Gasteiger partial charge in [0.05, 0.1) is 12.0 Å². The summed E-state index contributed by atoms with van der Waals surface area (Å²) in [6.07, 6.45) is 0. The molecule has 0 radical (unpaired) electrons. The van der Waals surface area contributed by atoms with E-state index in [1.807, 2.05) is 0 Å². The third kappa shape index (κ3) is 2.58. The summed E-state index contributed by atoms with van der Waals surface area (Å²) in [7, 11) is -2.85. The number of rotatable bonds is 2. The van der Waals surface area contributed by atoms with Crippen LogP contribution in [0.1, 0.15) is 0 Å². The van der Waals surface area contributed by atoms with Gasteiger partial charge in [-0.1, -0.05) is 11.6 Å². The van der Waals surface area contributed by atoms with E-state index in [0.29, 0.717) is 0 Å². The lowest BCUT2D eigenvalue weighted by molar-refractivity contribution is 0.412. The molecule has 0 saturated carbocycles. The lowest BCUT2D eigenvalue weighted by atomic mass is 10.3. The zero-order valence-electron chi connectivity index (χ0n) is 6.69. The number of methoxy groups -OCH3 is 1. The highest BCUT2D eigenvalue weighted by atomic mass is 35.5. The molecule has 0 aromatic heterocycles. The third-order valence-electron chi connectivity index (χ3n) is 1.38. The average molecular weight is 223 g/mol. The van der Waals surface area contributed by atoms with Crippen LogP contribution < -0.4 is 4.74 Å². The van der Waals surface area contributed by atoms with Crippen LogP contribution in [0.25, 0.3) is 0 Å². The van der Waals surface area contributed by atoms with E-state index in [2.05, 4.69) is 0 Å². The summed E-state index contributed by atoms with van der Waals surface area (Å²) in [5.74, 6) is 0.278. The smallest absolute Gasteiger partial charge is 0.294 e. The van der Waals surface area contributed by atoms with Crippen molar-refractivity contribution in [1.29, 1.82) is 0 Å². The maximum absolute atomic E-state index is 10.7. The Balaban J connectivity index is 3.33. The van der Waals surface area contributed by atoms with E-state index < -0.39 is 10.1 Å². The minimum absolute atomic E-state index is 0.187. The fourth-order valence-electron chi connectivity index (χ4n) is 0.804. The van der Waals surface area contributed by atoms with Gasteiger partial charge < -0.3 is 4.74 Å². The van der Waals surface area contributed by atoms with Crippen LogP contribution in [-0.2, 0) is 10.1 Å². The molecule has 4 nitrogen and oxygen atoms in total. The predicted octanol–water partition coefficient (Wildman–Crippen LogP) is 1.60. The van der Waals surface area contributed by atoms with E-state index in [1.54, 1.807) is 0 Å². The lowest BCUT2D eigenvalue weighted by Crippen LogP contribution is -1.98. The summed E-state index contributed by atoms with van der Waals surface area (Å²) in [5, 5.41) is 0.187. The molecule has 0 unspecified atom stereocenters. The molecule has 0 bridgehead atoms. The fourth-order valence-corrected chi connectivity index (χ4v) is 1.63. The number of benzene rings is 1. The minimum atomic E-state index is -4.22. The highest BCUT2D eigenvalue weighted by Crippen LogP contribution is 2.23. The summed E-state index contributed by atoms with van der Waals surface area (Å²) >= 11 is 5.58. The molecular formula is C7H7ClO4S. The molecule has 0 heterocycles. The molecular weight excluding hydrogens is 216 g/mol. The Morgan fingerprint density at radius 1 is 1.38 bits per heavy atom. The first-order chi connectivity index (χ1) is 5.93. The Hall–Kier alpha value is -0.780. The number of halogens is 1. The molecule has 0 aliphatic rings. The summed E-state index contributed by atoms with van der Waals surface area (Å²) in [4.78, 5) is -0.281. The first-order valence-corrected chi connectivity index (χ1v) is 5.07.